The van der Waals surface area contributed by atoms with Crippen LogP contribution in [-0.4, -0.2) is 37.8 Å². The Bertz CT molecular complexity index is 1270. The summed E-state index contributed by atoms with van der Waals surface area (Å²) in [6, 6.07) is 10.8. The van der Waals surface area contributed by atoms with E-state index < -0.39 is 0 Å². The van der Waals surface area contributed by atoms with Crippen LogP contribution in [0.4, 0.5) is 5.13 Å². The molecule has 4 aromatic rings. The molecule has 0 aliphatic rings. The lowest BCUT2D eigenvalue weighted by molar-refractivity contribution is 0.102. The largest absolute Gasteiger partial charge is 0.497 e. The molecule has 4 rings (SSSR count). The second-order valence-corrected chi connectivity index (χ2v) is 7.97. The Balaban J connectivity index is 1.57. The van der Waals surface area contributed by atoms with E-state index in [1.54, 1.807) is 19.2 Å². The Kier molecular flexibility index (Phi) is 7.22. The molecule has 1 N–H and O–H groups in total. The van der Waals surface area contributed by atoms with Crippen LogP contribution in [0.2, 0.25) is 0 Å². The fourth-order valence-electron chi connectivity index (χ4n) is 3.40. The van der Waals surface area contributed by atoms with E-state index in [4.69, 9.17) is 23.4 Å². The molecule has 0 saturated carbocycles. The van der Waals surface area contributed by atoms with Crippen molar-refractivity contribution in [3.8, 4) is 34.5 Å². The number of ether oxygens (including phenoxy) is 4. The van der Waals surface area contributed by atoms with E-state index in [2.05, 4.69) is 10.3 Å². The summed E-state index contributed by atoms with van der Waals surface area (Å²) in [5.41, 5.74) is 1.71. The fraction of sp³-hybridized carbons (Fsp3) is 0.280. The number of anilines is 1. The highest BCUT2D eigenvalue weighted by atomic mass is 32.1. The molecule has 0 unspecified atom stereocenters. The number of carbonyl (C=O) groups excluding carboxylic acids is 1. The third-order valence-corrected chi connectivity index (χ3v) is 5.63. The van der Waals surface area contributed by atoms with Gasteiger partial charge in [0.1, 0.15) is 17.0 Å². The van der Waals surface area contributed by atoms with E-state index in [-0.39, 0.29) is 5.91 Å². The van der Waals surface area contributed by atoms with E-state index >= 15 is 0 Å². The van der Waals surface area contributed by atoms with Crippen molar-refractivity contribution < 1.29 is 28.2 Å². The molecule has 0 radical (unpaired) electrons. The number of benzene rings is 2. The first-order chi connectivity index (χ1) is 16.6. The van der Waals surface area contributed by atoms with Gasteiger partial charge in [-0.25, -0.2) is 4.98 Å². The highest BCUT2D eigenvalue weighted by Crippen LogP contribution is 2.39. The number of furan rings is 1. The number of hydrogen-bond donors (Lipinski definition) is 1. The summed E-state index contributed by atoms with van der Waals surface area (Å²) < 4.78 is 28.3. The number of nitrogens with one attached hydrogen (secondary N) is 1. The van der Waals surface area contributed by atoms with E-state index in [1.807, 2.05) is 50.4 Å². The van der Waals surface area contributed by atoms with Crippen LogP contribution in [0.5, 0.6) is 23.0 Å². The van der Waals surface area contributed by atoms with Gasteiger partial charge in [0.05, 0.1) is 26.9 Å². The molecule has 2 heterocycles. The van der Waals surface area contributed by atoms with Gasteiger partial charge in [-0.1, -0.05) is 0 Å². The summed E-state index contributed by atoms with van der Waals surface area (Å²) in [6.07, 6.45) is 0. The number of fused-ring (bicyclic) bond motifs is 1. The SMILES string of the molecule is CCOc1cc(C(=O)Nc2nc(-c3cc4ccc(OC)cc4o3)cs2)cc(OCC)c1OCC. The standard InChI is InChI=1S/C25H26N2O6S/c1-5-30-21-11-16(12-22(31-6-2)23(21)32-7-3)24(28)27-25-26-18(14-34-25)20-10-15-8-9-17(29-4)13-19(15)33-20/h8-14H,5-7H2,1-4H3,(H,26,27,28). The monoisotopic (exact) mass is 482 g/mol. The van der Waals surface area contributed by atoms with Gasteiger partial charge in [0, 0.05) is 22.4 Å². The topological polar surface area (TPSA) is 92.1 Å². The van der Waals surface area contributed by atoms with E-state index in [0.29, 0.717) is 70.6 Å². The zero-order chi connectivity index (χ0) is 24.1. The van der Waals surface area contributed by atoms with Crippen molar-refractivity contribution >= 4 is 33.3 Å². The van der Waals surface area contributed by atoms with Crippen LogP contribution in [0.3, 0.4) is 0 Å². The normalized spacial score (nSPS) is 10.8. The smallest absolute Gasteiger partial charge is 0.257 e. The minimum atomic E-state index is -0.333. The van der Waals surface area contributed by atoms with Crippen LogP contribution >= 0.6 is 11.3 Å². The molecule has 2 aromatic heterocycles. The van der Waals surface area contributed by atoms with Crippen molar-refractivity contribution in [1.29, 1.82) is 0 Å². The minimum Gasteiger partial charge on any atom is -0.497 e. The number of methoxy groups -OCH3 is 1. The van der Waals surface area contributed by atoms with Crippen LogP contribution in [-0.2, 0) is 0 Å². The summed E-state index contributed by atoms with van der Waals surface area (Å²) in [5, 5.41) is 6.07. The van der Waals surface area contributed by atoms with E-state index in [0.717, 1.165) is 5.39 Å². The summed E-state index contributed by atoms with van der Waals surface area (Å²) in [7, 11) is 1.61. The molecule has 178 valence electrons. The molecular weight excluding hydrogens is 456 g/mol. The number of amides is 1. The molecule has 0 aliphatic carbocycles. The highest BCUT2D eigenvalue weighted by Gasteiger charge is 2.19. The predicted molar refractivity (Wildman–Crippen MR) is 132 cm³/mol. The van der Waals surface area contributed by atoms with Gasteiger partial charge in [0.2, 0.25) is 5.75 Å². The van der Waals surface area contributed by atoms with Crippen LogP contribution in [0.15, 0.2) is 46.2 Å². The summed E-state index contributed by atoms with van der Waals surface area (Å²) >= 11 is 1.31. The van der Waals surface area contributed by atoms with Crippen molar-refractivity contribution in [2.75, 3.05) is 32.2 Å². The molecule has 8 nitrogen and oxygen atoms in total. The molecule has 0 aliphatic heterocycles. The zero-order valence-electron chi connectivity index (χ0n) is 19.5. The van der Waals surface area contributed by atoms with Crippen molar-refractivity contribution in [2.45, 2.75) is 20.8 Å². The average molecular weight is 483 g/mol. The van der Waals surface area contributed by atoms with Crippen molar-refractivity contribution in [2.24, 2.45) is 0 Å². The van der Waals surface area contributed by atoms with Gasteiger partial charge in [-0.3, -0.25) is 10.1 Å². The minimum absolute atomic E-state index is 0.333. The van der Waals surface area contributed by atoms with Crippen molar-refractivity contribution in [1.82, 2.24) is 4.98 Å². The summed E-state index contributed by atoms with van der Waals surface area (Å²) in [4.78, 5) is 17.5. The molecule has 0 bridgehead atoms. The van der Waals surface area contributed by atoms with Crippen molar-refractivity contribution in [3.63, 3.8) is 0 Å². The molecule has 9 heteroatoms. The molecule has 0 fully saturated rings. The quantitative estimate of drug-likeness (QED) is 0.296. The molecule has 1 amide bonds. The van der Waals surface area contributed by atoms with Gasteiger partial charge in [0.25, 0.3) is 5.91 Å². The first-order valence-corrected chi connectivity index (χ1v) is 11.8. The number of carbonyl (C=O) groups is 1. The maximum absolute atomic E-state index is 13.0. The number of rotatable bonds is 10. The van der Waals surface area contributed by atoms with Crippen LogP contribution in [0.1, 0.15) is 31.1 Å². The van der Waals surface area contributed by atoms with Gasteiger partial charge in [-0.05, 0) is 51.1 Å². The lowest BCUT2D eigenvalue weighted by Crippen LogP contribution is -2.13. The molecule has 0 atom stereocenters. The summed E-state index contributed by atoms with van der Waals surface area (Å²) in [5.74, 6) is 2.39. The average Bonchev–Trinajstić information content (AvgIpc) is 3.47. The molecule has 0 spiro atoms. The van der Waals surface area contributed by atoms with Crippen LogP contribution in [0.25, 0.3) is 22.4 Å². The molecule has 2 aromatic carbocycles. The molecular formula is C25H26N2O6S. The number of aromatic nitrogens is 1. The third-order valence-electron chi connectivity index (χ3n) is 4.88. The second-order valence-electron chi connectivity index (χ2n) is 7.11. The van der Waals surface area contributed by atoms with Crippen molar-refractivity contribution in [3.05, 3.63) is 47.3 Å². The predicted octanol–water partition coefficient (Wildman–Crippen LogP) is 6.01. The van der Waals surface area contributed by atoms with Gasteiger partial charge in [-0.15, -0.1) is 11.3 Å². The fourth-order valence-corrected chi connectivity index (χ4v) is 4.09. The number of hydrogen-bond acceptors (Lipinski definition) is 8. The number of thiazole rings is 1. The maximum Gasteiger partial charge on any atom is 0.257 e. The lowest BCUT2D eigenvalue weighted by atomic mass is 10.1. The summed E-state index contributed by atoms with van der Waals surface area (Å²) in [6.45, 7) is 6.92. The van der Waals surface area contributed by atoms with Crippen LogP contribution < -0.4 is 24.3 Å². The Hall–Kier alpha value is -3.72. The Morgan fingerprint density at radius 2 is 1.71 bits per heavy atom. The van der Waals surface area contributed by atoms with Gasteiger partial charge in [0.15, 0.2) is 22.4 Å². The zero-order valence-corrected chi connectivity index (χ0v) is 20.3. The molecule has 0 saturated heterocycles. The Morgan fingerprint density at radius 3 is 2.35 bits per heavy atom. The maximum atomic E-state index is 13.0. The first-order valence-electron chi connectivity index (χ1n) is 11.0. The lowest BCUT2D eigenvalue weighted by Gasteiger charge is -2.16. The van der Waals surface area contributed by atoms with Gasteiger partial charge >= 0.3 is 0 Å². The highest BCUT2D eigenvalue weighted by molar-refractivity contribution is 7.14. The first kappa shape index (κ1) is 23.4. The second kappa shape index (κ2) is 10.5. The van der Waals surface area contributed by atoms with Crippen LogP contribution in [0, 0.1) is 0 Å². The van der Waals surface area contributed by atoms with E-state index in [9.17, 15) is 4.79 Å². The Labute approximate surface area is 201 Å². The van der Waals surface area contributed by atoms with Gasteiger partial charge in [-0.2, -0.15) is 0 Å². The third kappa shape index (κ3) is 4.94. The molecule has 34 heavy (non-hydrogen) atoms. The number of nitrogens with zero attached hydrogens (tertiary/aromatic N) is 1. The van der Waals surface area contributed by atoms with Gasteiger partial charge < -0.3 is 23.4 Å². The Morgan fingerprint density at radius 1 is 1.00 bits per heavy atom. The van der Waals surface area contributed by atoms with E-state index in [1.165, 1.54) is 11.3 Å².